The third kappa shape index (κ3) is 4.49. The highest BCUT2D eigenvalue weighted by molar-refractivity contribution is 7.91. The Balaban J connectivity index is 1.57. The molecule has 1 atom stereocenters. The van der Waals surface area contributed by atoms with Gasteiger partial charge in [-0.25, -0.2) is 8.42 Å². The lowest BCUT2D eigenvalue weighted by molar-refractivity contribution is 0.0963. The van der Waals surface area contributed by atoms with E-state index in [9.17, 15) is 13.2 Å². The quantitative estimate of drug-likeness (QED) is 0.649. The van der Waals surface area contributed by atoms with Crippen LogP contribution in [-0.2, 0) is 9.84 Å². The van der Waals surface area contributed by atoms with Crippen molar-refractivity contribution in [2.75, 3.05) is 25.2 Å². The van der Waals surface area contributed by atoms with Crippen LogP contribution in [0.2, 0.25) is 0 Å². The van der Waals surface area contributed by atoms with E-state index in [1.54, 1.807) is 7.05 Å². The maximum atomic E-state index is 11.8. The lowest BCUT2D eigenvalue weighted by atomic mass is 9.97. The Morgan fingerprint density at radius 1 is 1.10 bits per heavy atom. The second kappa shape index (κ2) is 8.48. The molecule has 0 aromatic heterocycles. The first-order chi connectivity index (χ1) is 14.4. The van der Waals surface area contributed by atoms with Gasteiger partial charge in [-0.3, -0.25) is 4.79 Å². The highest BCUT2D eigenvalue weighted by Crippen LogP contribution is 2.33. The Bertz CT molecular complexity index is 1170. The van der Waals surface area contributed by atoms with Gasteiger partial charge in [-0.2, -0.15) is 0 Å². The average molecular weight is 424 g/mol. The van der Waals surface area contributed by atoms with Crippen molar-refractivity contribution in [3.8, 4) is 16.9 Å². The van der Waals surface area contributed by atoms with E-state index in [0.29, 0.717) is 17.9 Å². The summed E-state index contributed by atoms with van der Waals surface area (Å²) in [6, 6.07) is 19.7. The molecular weight excluding hydrogens is 398 g/mol. The van der Waals surface area contributed by atoms with Crippen LogP contribution in [-0.4, -0.2) is 39.5 Å². The van der Waals surface area contributed by atoms with Crippen molar-refractivity contribution in [2.24, 2.45) is 5.92 Å². The Kier molecular flexibility index (Phi) is 5.77. The first kappa shape index (κ1) is 20.4. The van der Waals surface area contributed by atoms with Crippen molar-refractivity contribution in [3.05, 3.63) is 66.2 Å². The van der Waals surface area contributed by atoms with Gasteiger partial charge in [-0.05, 0) is 64.9 Å². The zero-order valence-corrected chi connectivity index (χ0v) is 17.7. The fourth-order valence-electron chi connectivity index (χ4n) is 3.99. The molecule has 0 aliphatic carbocycles. The van der Waals surface area contributed by atoms with E-state index in [-0.39, 0.29) is 17.6 Å². The van der Waals surface area contributed by atoms with Crippen LogP contribution in [0, 0.1) is 5.92 Å². The van der Waals surface area contributed by atoms with Gasteiger partial charge in [0.05, 0.1) is 18.1 Å². The molecule has 1 amide bonds. The first-order valence-electron chi connectivity index (χ1n) is 10.1. The maximum Gasteiger partial charge on any atom is 0.251 e. The molecular formula is C24H25NO4S. The molecule has 1 aliphatic heterocycles. The Hall–Kier alpha value is -2.86. The van der Waals surface area contributed by atoms with E-state index in [0.717, 1.165) is 40.5 Å². The van der Waals surface area contributed by atoms with E-state index in [1.165, 1.54) is 0 Å². The van der Waals surface area contributed by atoms with Gasteiger partial charge < -0.3 is 10.1 Å². The van der Waals surface area contributed by atoms with Crippen LogP contribution in [0.25, 0.3) is 21.9 Å². The Labute approximate surface area is 177 Å². The molecule has 0 spiro atoms. The summed E-state index contributed by atoms with van der Waals surface area (Å²) in [5.41, 5.74) is 2.66. The van der Waals surface area contributed by atoms with Gasteiger partial charge in [0, 0.05) is 12.6 Å². The average Bonchev–Trinajstić information content (AvgIpc) is 3.11. The topological polar surface area (TPSA) is 72.5 Å². The van der Waals surface area contributed by atoms with Crippen molar-refractivity contribution in [1.29, 1.82) is 0 Å². The smallest absolute Gasteiger partial charge is 0.251 e. The predicted molar refractivity (Wildman–Crippen MR) is 120 cm³/mol. The van der Waals surface area contributed by atoms with Crippen LogP contribution >= 0.6 is 0 Å². The molecule has 1 fully saturated rings. The molecule has 0 bridgehead atoms. The lowest BCUT2D eigenvalue weighted by Gasteiger charge is -2.14. The number of ether oxygens (including phenoxy) is 1. The van der Waals surface area contributed by atoms with Gasteiger partial charge in [0.25, 0.3) is 5.91 Å². The third-order valence-corrected chi connectivity index (χ3v) is 7.48. The van der Waals surface area contributed by atoms with E-state index < -0.39 is 9.84 Å². The summed E-state index contributed by atoms with van der Waals surface area (Å²) in [5, 5.41) is 4.82. The molecule has 1 saturated heterocycles. The Morgan fingerprint density at radius 2 is 1.87 bits per heavy atom. The molecule has 1 heterocycles. The number of amides is 1. The number of rotatable bonds is 6. The molecule has 3 aromatic carbocycles. The summed E-state index contributed by atoms with van der Waals surface area (Å²) in [7, 11) is -1.24. The highest BCUT2D eigenvalue weighted by atomic mass is 32.2. The van der Waals surface area contributed by atoms with Gasteiger partial charge in [0.1, 0.15) is 5.75 Å². The van der Waals surface area contributed by atoms with E-state index in [1.807, 2.05) is 54.6 Å². The second-order valence-electron chi connectivity index (χ2n) is 7.75. The number of nitrogens with one attached hydrogen (secondary N) is 1. The molecule has 3 aromatic rings. The minimum absolute atomic E-state index is 0.114. The summed E-state index contributed by atoms with van der Waals surface area (Å²) in [6.07, 6.45) is 1.47. The number of fused-ring (bicyclic) bond motifs is 1. The van der Waals surface area contributed by atoms with Crippen molar-refractivity contribution in [1.82, 2.24) is 5.32 Å². The molecule has 1 aliphatic rings. The molecule has 4 rings (SSSR count). The zero-order valence-electron chi connectivity index (χ0n) is 16.9. The van der Waals surface area contributed by atoms with Crippen LogP contribution in [0.15, 0.2) is 60.7 Å². The van der Waals surface area contributed by atoms with Crippen molar-refractivity contribution in [3.63, 3.8) is 0 Å². The zero-order chi connectivity index (χ0) is 21.1. The van der Waals surface area contributed by atoms with Crippen molar-refractivity contribution >= 4 is 26.5 Å². The molecule has 6 heteroatoms. The molecule has 0 saturated carbocycles. The molecule has 1 unspecified atom stereocenters. The summed E-state index contributed by atoms with van der Waals surface area (Å²) >= 11 is 0. The number of carbonyl (C=O) groups excluding carboxylic acids is 1. The van der Waals surface area contributed by atoms with Gasteiger partial charge in [-0.15, -0.1) is 0 Å². The van der Waals surface area contributed by atoms with Crippen LogP contribution in [0.3, 0.4) is 0 Å². The minimum Gasteiger partial charge on any atom is -0.494 e. The SMILES string of the molecule is CNC(=O)c1ccc(-c2cc(OCCC3CCS(=O)(=O)C3)cc3ccccc23)cc1. The van der Waals surface area contributed by atoms with Crippen LogP contribution in [0.4, 0.5) is 0 Å². The fraction of sp³-hybridized carbons (Fsp3) is 0.292. The van der Waals surface area contributed by atoms with Crippen molar-refractivity contribution in [2.45, 2.75) is 12.8 Å². The van der Waals surface area contributed by atoms with Crippen molar-refractivity contribution < 1.29 is 17.9 Å². The molecule has 156 valence electrons. The third-order valence-electron chi connectivity index (χ3n) is 5.64. The second-order valence-corrected chi connectivity index (χ2v) is 9.98. The van der Waals surface area contributed by atoms with Crippen LogP contribution < -0.4 is 10.1 Å². The van der Waals surface area contributed by atoms with Gasteiger partial charge in [0.2, 0.25) is 0 Å². The van der Waals surface area contributed by atoms with E-state index in [4.69, 9.17) is 4.74 Å². The van der Waals surface area contributed by atoms with Gasteiger partial charge >= 0.3 is 0 Å². The number of hydrogen-bond donors (Lipinski definition) is 1. The summed E-state index contributed by atoms with van der Waals surface area (Å²) in [4.78, 5) is 11.8. The van der Waals surface area contributed by atoms with Crippen LogP contribution in [0.1, 0.15) is 23.2 Å². The highest BCUT2D eigenvalue weighted by Gasteiger charge is 2.27. The van der Waals surface area contributed by atoms with Gasteiger partial charge in [-0.1, -0.05) is 36.4 Å². The van der Waals surface area contributed by atoms with Gasteiger partial charge in [0.15, 0.2) is 9.84 Å². The summed E-state index contributed by atoms with van der Waals surface area (Å²) < 4.78 is 29.3. The predicted octanol–water partition coefficient (Wildman–Crippen LogP) is 4.07. The normalized spacial score (nSPS) is 17.7. The lowest BCUT2D eigenvalue weighted by Crippen LogP contribution is -2.17. The number of carbonyl (C=O) groups is 1. The number of sulfone groups is 1. The maximum absolute atomic E-state index is 11.8. The minimum atomic E-state index is -2.86. The van der Waals surface area contributed by atoms with Crippen LogP contribution in [0.5, 0.6) is 5.75 Å². The molecule has 5 nitrogen and oxygen atoms in total. The fourth-order valence-corrected chi connectivity index (χ4v) is 5.90. The molecule has 1 N–H and O–H groups in total. The standard InChI is InChI=1S/C24H25NO4S/c1-25-24(26)19-8-6-18(7-9-19)23-15-21(14-20-4-2-3-5-22(20)23)29-12-10-17-11-13-30(27,28)16-17/h2-9,14-15,17H,10-13,16H2,1H3,(H,25,26). The first-order valence-corrected chi connectivity index (χ1v) is 12.0. The monoisotopic (exact) mass is 423 g/mol. The van der Waals surface area contributed by atoms with E-state index >= 15 is 0 Å². The summed E-state index contributed by atoms with van der Waals surface area (Å²) in [6.45, 7) is 0.494. The number of hydrogen-bond acceptors (Lipinski definition) is 4. The molecule has 0 radical (unpaired) electrons. The van der Waals surface area contributed by atoms with E-state index in [2.05, 4.69) is 11.4 Å². The summed E-state index contributed by atoms with van der Waals surface area (Å²) in [5.74, 6) is 1.41. The number of benzene rings is 3. The molecule has 30 heavy (non-hydrogen) atoms. The largest absolute Gasteiger partial charge is 0.494 e. The Morgan fingerprint density at radius 3 is 2.57 bits per heavy atom.